The Kier molecular flexibility index (Phi) is 6.33. The molecule has 0 spiro atoms. The van der Waals surface area contributed by atoms with E-state index >= 15 is 0 Å². The maximum Gasteiger partial charge on any atom is 0.271 e. The van der Waals surface area contributed by atoms with Gasteiger partial charge in [0.1, 0.15) is 0 Å². The summed E-state index contributed by atoms with van der Waals surface area (Å²) in [5, 5.41) is 11.0. The number of para-hydroxylation sites is 1. The molecule has 4 aromatic rings. The van der Waals surface area contributed by atoms with Crippen LogP contribution in [-0.2, 0) is 14.8 Å². The Labute approximate surface area is 189 Å². The summed E-state index contributed by atoms with van der Waals surface area (Å²) in [6.45, 7) is 1.88. The Morgan fingerprint density at radius 2 is 1.75 bits per heavy atom. The first-order valence-electron chi connectivity index (χ1n) is 9.61. The fraction of sp³-hybridized carbons (Fsp3) is 0.0909. The third kappa shape index (κ3) is 4.71. The van der Waals surface area contributed by atoms with E-state index in [0.29, 0.717) is 11.3 Å². The predicted molar refractivity (Wildman–Crippen MR) is 123 cm³/mol. The van der Waals surface area contributed by atoms with Gasteiger partial charge in [-0.25, -0.2) is 8.42 Å². The molecule has 0 saturated heterocycles. The maximum absolute atomic E-state index is 13.5. The van der Waals surface area contributed by atoms with Crippen molar-refractivity contribution in [3.8, 4) is 11.4 Å². The number of hydrogen-bond donors (Lipinski definition) is 1. The van der Waals surface area contributed by atoms with Gasteiger partial charge < -0.3 is 5.32 Å². The van der Waals surface area contributed by atoms with Crippen molar-refractivity contribution >= 4 is 33.4 Å². The highest BCUT2D eigenvalue weighted by Gasteiger charge is 2.27. The lowest BCUT2D eigenvalue weighted by Crippen LogP contribution is -2.18. The predicted octanol–water partition coefficient (Wildman–Crippen LogP) is 3.62. The van der Waals surface area contributed by atoms with E-state index in [9.17, 15) is 13.2 Å². The van der Waals surface area contributed by atoms with E-state index in [2.05, 4.69) is 20.5 Å². The number of nitrogens with one attached hydrogen (secondary N) is 1. The Morgan fingerprint density at radius 1 is 1.00 bits per heavy atom. The number of anilines is 1. The van der Waals surface area contributed by atoms with E-state index in [1.165, 1.54) is 18.3 Å². The first kappa shape index (κ1) is 21.7. The summed E-state index contributed by atoms with van der Waals surface area (Å²) < 4.78 is 28.1. The second-order valence-corrected chi connectivity index (χ2v) is 9.56. The molecule has 2 aromatic heterocycles. The van der Waals surface area contributed by atoms with Crippen molar-refractivity contribution < 1.29 is 13.2 Å². The number of amides is 1. The Bertz CT molecular complexity index is 1320. The quantitative estimate of drug-likeness (QED) is 0.416. The lowest BCUT2D eigenvalue weighted by molar-refractivity contribution is -0.113. The van der Waals surface area contributed by atoms with Gasteiger partial charge in [-0.05, 0) is 43.3 Å². The number of rotatable bonds is 7. The van der Waals surface area contributed by atoms with Crippen molar-refractivity contribution in [1.82, 2.24) is 19.2 Å². The maximum atomic E-state index is 13.5. The van der Waals surface area contributed by atoms with Gasteiger partial charge in [-0.2, -0.15) is 3.97 Å². The van der Waals surface area contributed by atoms with E-state index in [4.69, 9.17) is 0 Å². The molecule has 8 nitrogen and oxygen atoms in total. The number of carbonyl (C=O) groups excluding carboxylic acids is 1. The number of thioether (sulfide) groups is 1. The number of carbonyl (C=O) groups is 1. The highest BCUT2D eigenvalue weighted by molar-refractivity contribution is 8.00. The smallest absolute Gasteiger partial charge is 0.271 e. The number of pyridine rings is 1. The molecule has 0 aliphatic carbocycles. The minimum absolute atomic E-state index is 0.0382. The normalized spacial score (nSPS) is 11.3. The van der Waals surface area contributed by atoms with Crippen LogP contribution in [0.15, 0.2) is 89.2 Å². The van der Waals surface area contributed by atoms with Crippen LogP contribution < -0.4 is 5.32 Å². The van der Waals surface area contributed by atoms with Crippen molar-refractivity contribution in [3.63, 3.8) is 0 Å². The Hall–Kier alpha value is -3.50. The van der Waals surface area contributed by atoms with Crippen molar-refractivity contribution in [2.45, 2.75) is 17.0 Å². The summed E-state index contributed by atoms with van der Waals surface area (Å²) in [5.41, 5.74) is 2.09. The molecule has 0 fully saturated rings. The summed E-state index contributed by atoms with van der Waals surface area (Å²) in [5.74, 6) is -0.195. The number of benzene rings is 2. The molecule has 2 aromatic carbocycles. The Morgan fingerprint density at radius 3 is 2.44 bits per heavy atom. The van der Waals surface area contributed by atoms with Crippen molar-refractivity contribution in [3.05, 3.63) is 84.7 Å². The fourth-order valence-corrected chi connectivity index (χ4v) is 5.29. The molecule has 2 heterocycles. The average Bonchev–Trinajstić information content (AvgIpc) is 3.24. The lowest BCUT2D eigenvalue weighted by atomic mass is 10.2. The third-order valence-corrected chi connectivity index (χ3v) is 7.20. The third-order valence-electron chi connectivity index (χ3n) is 4.47. The molecule has 32 heavy (non-hydrogen) atoms. The van der Waals surface area contributed by atoms with Crippen LogP contribution in [0.1, 0.15) is 5.56 Å². The van der Waals surface area contributed by atoms with Crippen molar-refractivity contribution in [2.75, 3.05) is 11.1 Å². The topological polar surface area (TPSA) is 107 Å². The molecule has 162 valence electrons. The van der Waals surface area contributed by atoms with Crippen LogP contribution in [-0.4, -0.2) is 39.2 Å². The van der Waals surface area contributed by atoms with Gasteiger partial charge in [0, 0.05) is 23.6 Å². The van der Waals surface area contributed by atoms with Crippen molar-refractivity contribution in [2.24, 2.45) is 0 Å². The van der Waals surface area contributed by atoms with Crippen LogP contribution >= 0.6 is 11.8 Å². The Balaban J connectivity index is 1.68. The van der Waals surface area contributed by atoms with Crippen LogP contribution in [0.3, 0.4) is 0 Å². The largest absolute Gasteiger partial charge is 0.325 e. The zero-order valence-corrected chi connectivity index (χ0v) is 18.7. The van der Waals surface area contributed by atoms with Gasteiger partial charge in [0.05, 0.1) is 10.6 Å². The molecule has 1 amide bonds. The van der Waals surface area contributed by atoms with Crippen LogP contribution in [0.4, 0.5) is 5.69 Å². The number of aryl methyl sites for hydroxylation is 1. The second kappa shape index (κ2) is 9.33. The van der Waals surface area contributed by atoms with Crippen LogP contribution in [0.2, 0.25) is 0 Å². The van der Waals surface area contributed by atoms with Gasteiger partial charge >= 0.3 is 0 Å². The minimum atomic E-state index is -4.02. The zero-order chi connectivity index (χ0) is 22.6. The fourth-order valence-electron chi connectivity index (χ4n) is 2.90. The van der Waals surface area contributed by atoms with Gasteiger partial charge in [0.2, 0.25) is 11.1 Å². The van der Waals surface area contributed by atoms with Gasteiger partial charge in [-0.15, -0.1) is 10.2 Å². The lowest BCUT2D eigenvalue weighted by Gasteiger charge is -2.11. The van der Waals surface area contributed by atoms with E-state index in [1.807, 2.05) is 25.1 Å². The summed E-state index contributed by atoms with van der Waals surface area (Å²) in [6.07, 6.45) is 3.10. The SMILES string of the molecule is Cc1ccc(S(=O)(=O)n2c(SCC(=O)Nc3ccccc3)nnc2-c2cccnc2)cc1. The summed E-state index contributed by atoms with van der Waals surface area (Å²) in [7, 11) is -4.02. The molecular formula is C22H19N5O3S2. The van der Waals surface area contributed by atoms with Crippen LogP contribution in [0.5, 0.6) is 0 Å². The second-order valence-electron chi connectivity index (χ2n) is 6.83. The molecule has 1 N–H and O–H groups in total. The number of nitrogens with zero attached hydrogens (tertiary/aromatic N) is 4. The molecule has 0 aliphatic heterocycles. The number of aromatic nitrogens is 4. The average molecular weight is 466 g/mol. The van der Waals surface area contributed by atoms with Crippen LogP contribution in [0, 0.1) is 6.92 Å². The van der Waals surface area contributed by atoms with Gasteiger partial charge in [-0.3, -0.25) is 9.78 Å². The van der Waals surface area contributed by atoms with Crippen molar-refractivity contribution in [1.29, 1.82) is 0 Å². The molecule has 0 bridgehead atoms. The summed E-state index contributed by atoms with van der Waals surface area (Å²) in [4.78, 5) is 16.5. The summed E-state index contributed by atoms with van der Waals surface area (Å²) in [6, 6.07) is 18.9. The minimum Gasteiger partial charge on any atom is -0.325 e. The monoisotopic (exact) mass is 465 g/mol. The molecule has 10 heteroatoms. The first-order valence-corrected chi connectivity index (χ1v) is 12.0. The highest BCUT2D eigenvalue weighted by atomic mass is 32.2. The molecule has 0 aliphatic rings. The zero-order valence-electron chi connectivity index (χ0n) is 17.0. The van der Waals surface area contributed by atoms with E-state index in [-0.39, 0.29) is 27.5 Å². The van der Waals surface area contributed by atoms with E-state index < -0.39 is 10.0 Å². The molecule has 4 rings (SSSR count). The summed E-state index contributed by atoms with van der Waals surface area (Å²) >= 11 is 0.992. The molecule has 0 radical (unpaired) electrons. The molecule has 0 atom stereocenters. The molecular weight excluding hydrogens is 446 g/mol. The first-order chi connectivity index (χ1) is 15.4. The van der Waals surface area contributed by atoms with Gasteiger partial charge in [0.25, 0.3) is 10.0 Å². The van der Waals surface area contributed by atoms with Crippen LogP contribution in [0.25, 0.3) is 11.4 Å². The van der Waals surface area contributed by atoms with Gasteiger partial charge in [-0.1, -0.05) is 47.7 Å². The highest BCUT2D eigenvalue weighted by Crippen LogP contribution is 2.28. The van der Waals surface area contributed by atoms with E-state index in [0.717, 1.165) is 21.3 Å². The number of hydrogen-bond acceptors (Lipinski definition) is 7. The molecule has 0 saturated carbocycles. The standard InChI is InChI=1S/C22H19N5O3S2/c1-16-9-11-19(12-10-16)32(29,30)27-21(17-6-5-13-23-14-17)25-26-22(27)31-15-20(28)24-18-7-3-2-4-8-18/h2-14H,15H2,1H3,(H,24,28). The molecule has 0 unspecified atom stereocenters. The van der Waals surface area contributed by atoms with E-state index in [1.54, 1.807) is 42.6 Å². The van der Waals surface area contributed by atoms with Gasteiger partial charge in [0.15, 0.2) is 5.82 Å².